The fourth-order valence-corrected chi connectivity index (χ4v) is 2.67. The molecule has 1 aliphatic rings. The van der Waals surface area contributed by atoms with Crippen molar-refractivity contribution < 1.29 is 27.8 Å². The van der Waals surface area contributed by atoms with Crippen LogP contribution in [0.25, 0.3) is 0 Å². The summed E-state index contributed by atoms with van der Waals surface area (Å²) in [5.74, 6) is -4.82. The zero-order valence-corrected chi connectivity index (χ0v) is 12.7. The van der Waals surface area contributed by atoms with E-state index in [0.29, 0.717) is 0 Å². The van der Waals surface area contributed by atoms with Gasteiger partial charge in [0, 0.05) is 0 Å². The van der Waals surface area contributed by atoms with Crippen LogP contribution in [0.4, 0.5) is 13.2 Å². The number of hydrogen-bond acceptors (Lipinski definition) is 3. The van der Waals surface area contributed by atoms with Gasteiger partial charge in [0.1, 0.15) is 6.61 Å². The predicted octanol–water partition coefficient (Wildman–Crippen LogP) is 2.60. The first-order valence-corrected chi connectivity index (χ1v) is 7.67. The van der Waals surface area contributed by atoms with E-state index in [1.165, 1.54) is 6.42 Å². The fraction of sp³-hybridized carbons (Fsp3) is 0.562. The van der Waals surface area contributed by atoms with Crippen LogP contribution in [-0.2, 0) is 9.53 Å². The number of rotatable bonds is 6. The molecule has 2 N–H and O–H groups in total. The van der Waals surface area contributed by atoms with Crippen LogP contribution in [0, 0.1) is 17.5 Å². The lowest BCUT2D eigenvalue weighted by molar-refractivity contribution is -0.129. The van der Waals surface area contributed by atoms with Crippen molar-refractivity contribution >= 4 is 5.91 Å². The van der Waals surface area contributed by atoms with Crippen molar-refractivity contribution in [1.82, 2.24) is 5.32 Å². The van der Waals surface area contributed by atoms with Crippen LogP contribution in [0.2, 0.25) is 0 Å². The monoisotopic (exact) mass is 331 g/mol. The molecule has 0 radical (unpaired) electrons. The Balaban J connectivity index is 1.92. The van der Waals surface area contributed by atoms with Gasteiger partial charge < -0.3 is 15.2 Å². The number of amides is 1. The van der Waals surface area contributed by atoms with Crippen LogP contribution in [0.1, 0.15) is 43.7 Å². The molecule has 0 spiro atoms. The highest BCUT2D eigenvalue weighted by molar-refractivity contribution is 5.77. The molecule has 1 amide bonds. The van der Waals surface area contributed by atoms with E-state index in [1.54, 1.807) is 0 Å². The minimum absolute atomic E-state index is 0.0442. The first-order chi connectivity index (χ1) is 11.0. The summed E-state index contributed by atoms with van der Waals surface area (Å²) in [6, 6.07) is 0.477. The number of benzene rings is 1. The Morgan fingerprint density at radius 3 is 2.39 bits per heavy atom. The number of nitrogens with one attached hydrogen (secondary N) is 1. The second-order valence-electron chi connectivity index (χ2n) is 5.67. The highest BCUT2D eigenvalue weighted by Crippen LogP contribution is 2.21. The van der Waals surface area contributed by atoms with Crippen LogP contribution < -0.4 is 5.32 Å². The Bertz CT molecular complexity index is 524. The maximum absolute atomic E-state index is 13.2. The quantitative estimate of drug-likeness (QED) is 0.788. The number of carbonyl (C=O) groups excluding carboxylic acids is 1. The molecule has 0 aliphatic heterocycles. The van der Waals surface area contributed by atoms with E-state index in [1.807, 2.05) is 0 Å². The Kier molecular flexibility index (Phi) is 6.41. The average Bonchev–Trinajstić information content (AvgIpc) is 2.56. The van der Waals surface area contributed by atoms with Gasteiger partial charge in [-0.25, -0.2) is 13.2 Å². The number of ether oxygens (including phenoxy) is 1. The topological polar surface area (TPSA) is 58.6 Å². The van der Waals surface area contributed by atoms with Gasteiger partial charge in [0.25, 0.3) is 0 Å². The zero-order chi connectivity index (χ0) is 16.8. The highest BCUT2D eigenvalue weighted by atomic mass is 19.2. The van der Waals surface area contributed by atoms with Crippen LogP contribution in [0.3, 0.4) is 0 Å². The van der Waals surface area contributed by atoms with Crippen molar-refractivity contribution in [3.8, 4) is 0 Å². The van der Waals surface area contributed by atoms with Gasteiger partial charge in [-0.3, -0.25) is 4.79 Å². The van der Waals surface area contributed by atoms with Gasteiger partial charge in [-0.15, -0.1) is 0 Å². The molecule has 1 atom stereocenters. The third-order valence-corrected chi connectivity index (χ3v) is 3.93. The lowest BCUT2D eigenvalue weighted by Gasteiger charge is -2.22. The largest absolute Gasteiger partial charge is 0.394 e. The fourth-order valence-electron chi connectivity index (χ4n) is 2.67. The first-order valence-electron chi connectivity index (χ1n) is 7.67. The summed E-state index contributed by atoms with van der Waals surface area (Å²) in [6.07, 6.45) is 5.17. The van der Waals surface area contributed by atoms with Crippen LogP contribution in [0.5, 0.6) is 0 Å². The van der Waals surface area contributed by atoms with Crippen molar-refractivity contribution in [2.24, 2.45) is 0 Å². The maximum atomic E-state index is 13.2. The summed E-state index contributed by atoms with van der Waals surface area (Å²) in [4.78, 5) is 11.9. The van der Waals surface area contributed by atoms with Gasteiger partial charge in [-0.2, -0.15) is 0 Å². The van der Waals surface area contributed by atoms with Crippen molar-refractivity contribution in [3.63, 3.8) is 0 Å². The minimum atomic E-state index is -1.59. The van der Waals surface area contributed by atoms with E-state index >= 15 is 0 Å². The summed E-state index contributed by atoms with van der Waals surface area (Å²) in [5, 5.41) is 11.7. The van der Waals surface area contributed by atoms with Crippen molar-refractivity contribution in [1.29, 1.82) is 0 Å². The molecule has 1 aromatic carbocycles. The Labute approximate surface area is 132 Å². The first kappa shape index (κ1) is 17.7. The zero-order valence-electron chi connectivity index (χ0n) is 12.7. The number of carbonyl (C=O) groups is 1. The number of aliphatic hydroxyl groups is 1. The predicted molar refractivity (Wildman–Crippen MR) is 77.1 cm³/mol. The molecule has 23 heavy (non-hydrogen) atoms. The van der Waals surface area contributed by atoms with Crippen LogP contribution in [-0.4, -0.2) is 30.3 Å². The van der Waals surface area contributed by atoms with Gasteiger partial charge in [0.15, 0.2) is 17.5 Å². The second kappa shape index (κ2) is 8.31. The molecule has 1 fully saturated rings. The summed E-state index contributed by atoms with van der Waals surface area (Å²) in [7, 11) is 0. The molecule has 1 aromatic rings. The molecule has 1 saturated carbocycles. The molecule has 1 aliphatic carbocycles. The van der Waals surface area contributed by atoms with Gasteiger partial charge in [-0.05, 0) is 30.5 Å². The van der Waals surface area contributed by atoms with E-state index in [2.05, 4.69) is 5.32 Å². The lowest BCUT2D eigenvalue weighted by atomic mass is 9.98. The third-order valence-electron chi connectivity index (χ3n) is 3.93. The molecule has 4 nitrogen and oxygen atoms in total. The molecule has 1 unspecified atom stereocenters. The summed E-state index contributed by atoms with van der Waals surface area (Å²) >= 11 is 0. The summed E-state index contributed by atoms with van der Waals surface area (Å²) < 4.78 is 44.9. The number of halogens is 3. The molecule has 2 rings (SSSR count). The van der Waals surface area contributed by atoms with Crippen LogP contribution >= 0.6 is 0 Å². The normalized spacial score (nSPS) is 17.0. The highest BCUT2D eigenvalue weighted by Gasteiger charge is 2.20. The summed E-state index contributed by atoms with van der Waals surface area (Å²) in [6.45, 7) is -0.757. The SMILES string of the molecule is O=C(COC1CCCCC1)NC(CO)c1cc(F)c(F)c(F)c1. The van der Waals surface area contributed by atoms with Crippen LogP contribution in [0.15, 0.2) is 12.1 Å². The lowest BCUT2D eigenvalue weighted by Crippen LogP contribution is -2.35. The molecule has 0 saturated heterocycles. The van der Waals surface area contributed by atoms with Gasteiger partial charge in [0.2, 0.25) is 5.91 Å². The van der Waals surface area contributed by atoms with Gasteiger partial charge >= 0.3 is 0 Å². The van der Waals surface area contributed by atoms with E-state index in [4.69, 9.17) is 4.74 Å². The van der Waals surface area contributed by atoms with E-state index in [9.17, 15) is 23.1 Å². The Hall–Kier alpha value is -1.60. The number of aliphatic hydroxyl groups excluding tert-OH is 1. The molecule has 0 heterocycles. The van der Waals surface area contributed by atoms with Crippen molar-refractivity contribution in [2.45, 2.75) is 44.2 Å². The summed E-state index contributed by atoms with van der Waals surface area (Å²) in [5.41, 5.74) is -0.0464. The third kappa shape index (κ3) is 4.94. The number of hydrogen-bond donors (Lipinski definition) is 2. The molecule has 0 bridgehead atoms. The van der Waals surface area contributed by atoms with Crippen molar-refractivity contribution in [2.75, 3.05) is 13.2 Å². The average molecular weight is 331 g/mol. The minimum Gasteiger partial charge on any atom is -0.394 e. The standard InChI is InChI=1S/C16H20F3NO3/c17-12-6-10(7-13(18)16(12)19)14(8-21)20-15(22)9-23-11-4-2-1-3-5-11/h6-7,11,14,21H,1-5,8-9H2,(H,20,22). The second-order valence-corrected chi connectivity index (χ2v) is 5.67. The van der Waals surface area contributed by atoms with E-state index in [-0.39, 0.29) is 18.3 Å². The Morgan fingerprint density at radius 2 is 1.83 bits per heavy atom. The molecular weight excluding hydrogens is 311 g/mol. The Morgan fingerprint density at radius 1 is 1.22 bits per heavy atom. The molecule has 7 heteroatoms. The molecule has 0 aromatic heterocycles. The molecule has 128 valence electrons. The van der Waals surface area contributed by atoms with Gasteiger partial charge in [0.05, 0.1) is 18.8 Å². The maximum Gasteiger partial charge on any atom is 0.246 e. The molecular formula is C16H20F3NO3. The van der Waals surface area contributed by atoms with E-state index < -0.39 is 36.0 Å². The van der Waals surface area contributed by atoms with Gasteiger partial charge in [-0.1, -0.05) is 19.3 Å². The van der Waals surface area contributed by atoms with E-state index in [0.717, 1.165) is 37.8 Å². The smallest absolute Gasteiger partial charge is 0.246 e. The van der Waals surface area contributed by atoms with Crippen molar-refractivity contribution in [3.05, 3.63) is 35.1 Å².